The van der Waals surface area contributed by atoms with E-state index < -0.39 is 0 Å². The number of aromatic nitrogens is 3. The van der Waals surface area contributed by atoms with Crippen LogP contribution in [0.2, 0.25) is 0 Å². The van der Waals surface area contributed by atoms with E-state index in [9.17, 15) is 0 Å². The molecule has 7 heteroatoms. The van der Waals surface area contributed by atoms with Crippen LogP contribution in [0.4, 0.5) is 0 Å². The first kappa shape index (κ1) is 19.6. The predicted octanol–water partition coefficient (Wildman–Crippen LogP) is 2.15. The first-order valence-corrected chi connectivity index (χ1v) is 10.1. The number of aliphatic imine (C=N–C) groups is 1. The zero-order valence-corrected chi connectivity index (χ0v) is 16.9. The molecule has 1 saturated heterocycles. The second-order valence-corrected chi connectivity index (χ2v) is 7.81. The van der Waals surface area contributed by atoms with Gasteiger partial charge in [-0.3, -0.25) is 9.39 Å². The summed E-state index contributed by atoms with van der Waals surface area (Å²) in [7, 11) is 1.80. The third kappa shape index (κ3) is 5.66. The van der Waals surface area contributed by atoms with Crippen molar-refractivity contribution in [3.8, 4) is 0 Å². The van der Waals surface area contributed by atoms with Crippen molar-refractivity contribution in [3.63, 3.8) is 0 Å². The normalized spacial score (nSPS) is 21.5. The van der Waals surface area contributed by atoms with Crippen LogP contribution in [0.25, 0.3) is 5.65 Å². The number of hydrogen-bond donors (Lipinski definition) is 2. The maximum absolute atomic E-state index is 4.30. The zero-order chi connectivity index (χ0) is 19.1. The fraction of sp³-hybridized carbons (Fsp3) is 0.650. The number of hydrogen-bond acceptors (Lipinski definition) is 4. The number of likely N-dealkylation sites (tertiary alicyclic amines) is 1. The van der Waals surface area contributed by atoms with Gasteiger partial charge >= 0.3 is 0 Å². The lowest BCUT2D eigenvalue weighted by atomic mass is 9.92. The summed E-state index contributed by atoms with van der Waals surface area (Å²) in [5.41, 5.74) is 0.860. The number of nitrogens with one attached hydrogen (secondary N) is 2. The van der Waals surface area contributed by atoms with E-state index >= 15 is 0 Å². The van der Waals surface area contributed by atoms with E-state index in [-0.39, 0.29) is 0 Å². The zero-order valence-electron chi connectivity index (χ0n) is 16.9. The Morgan fingerprint density at radius 3 is 2.74 bits per heavy atom. The summed E-state index contributed by atoms with van der Waals surface area (Å²) in [6.45, 7) is 9.99. The van der Waals surface area contributed by atoms with Crippen LogP contribution >= 0.6 is 0 Å². The molecule has 0 spiro atoms. The molecule has 0 bridgehead atoms. The highest BCUT2D eigenvalue weighted by atomic mass is 15.3. The molecule has 0 radical (unpaired) electrons. The maximum Gasteiger partial charge on any atom is 0.191 e. The number of piperidine rings is 1. The summed E-state index contributed by atoms with van der Waals surface area (Å²) in [6.07, 6.45) is 5.72. The summed E-state index contributed by atoms with van der Waals surface area (Å²) in [5, 5.41) is 15.1. The lowest BCUT2D eigenvalue weighted by molar-refractivity contribution is 0.139. The van der Waals surface area contributed by atoms with E-state index in [1.165, 1.54) is 32.5 Å². The van der Waals surface area contributed by atoms with Crippen molar-refractivity contribution in [2.75, 3.05) is 33.2 Å². The van der Waals surface area contributed by atoms with Crippen molar-refractivity contribution in [1.82, 2.24) is 30.1 Å². The smallest absolute Gasteiger partial charge is 0.191 e. The summed E-state index contributed by atoms with van der Waals surface area (Å²) >= 11 is 0. The molecule has 7 nitrogen and oxygen atoms in total. The van der Waals surface area contributed by atoms with Gasteiger partial charge in [-0.1, -0.05) is 19.9 Å². The molecular weight excluding hydrogens is 338 g/mol. The molecule has 2 aromatic rings. The molecule has 0 aromatic carbocycles. The highest BCUT2D eigenvalue weighted by molar-refractivity contribution is 5.79. The number of guanidine groups is 1. The monoisotopic (exact) mass is 371 g/mol. The van der Waals surface area contributed by atoms with Crippen molar-refractivity contribution in [2.45, 2.75) is 39.7 Å². The fourth-order valence-corrected chi connectivity index (χ4v) is 4.04. The SMILES string of the molecule is CN=C(NCCCCN1CC(C)CC(C)C1)NCc1nnc2ccccn12. The highest BCUT2D eigenvalue weighted by Crippen LogP contribution is 2.20. The highest BCUT2D eigenvalue weighted by Gasteiger charge is 2.20. The minimum absolute atomic E-state index is 0.592. The fourth-order valence-electron chi connectivity index (χ4n) is 4.04. The minimum atomic E-state index is 0.592. The molecule has 27 heavy (non-hydrogen) atoms. The Bertz CT molecular complexity index is 729. The van der Waals surface area contributed by atoms with Crippen molar-refractivity contribution < 1.29 is 0 Å². The minimum Gasteiger partial charge on any atom is -0.356 e. The number of rotatable bonds is 7. The number of pyridine rings is 1. The van der Waals surface area contributed by atoms with Gasteiger partial charge in [0.25, 0.3) is 0 Å². The molecule has 148 valence electrons. The molecule has 1 fully saturated rings. The molecule has 3 rings (SSSR count). The average Bonchev–Trinajstić information content (AvgIpc) is 3.06. The Balaban J connectivity index is 1.35. The molecular formula is C20H33N7. The van der Waals surface area contributed by atoms with Gasteiger partial charge in [0.15, 0.2) is 17.4 Å². The lowest BCUT2D eigenvalue weighted by Gasteiger charge is -2.34. The second kappa shape index (κ2) is 9.69. The summed E-state index contributed by atoms with van der Waals surface area (Å²) < 4.78 is 1.99. The molecule has 3 heterocycles. The van der Waals surface area contributed by atoms with Crippen LogP contribution < -0.4 is 10.6 Å². The van der Waals surface area contributed by atoms with E-state index in [0.717, 1.165) is 42.2 Å². The Hall–Kier alpha value is -2.15. The predicted molar refractivity (Wildman–Crippen MR) is 110 cm³/mol. The molecule has 0 saturated carbocycles. The topological polar surface area (TPSA) is 69.8 Å². The van der Waals surface area contributed by atoms with Crippen molar-refractivity contribution >= 4 is 11.6 Å². The van der Waals surface area contributed by atoms with Crippen LogP contribution in [0.15, 0.2) is 29.4 Å². The number of fused-ring (bicyclic) bond motifs is 1. The van der Waals surface area contributed by atoms with E-state index in [1.807, 2.05) is 28.8 Å². The quantitative estimate of drug-likeness (QED) is 0.443. The maximum atomic E-state index is 4.30. The summed E-state index contributed by atoms with van der Waals surface area (Å²) in [5.74, 6) is 3.36. The Morgan fingerprint density at radius 2 is 1.96 bits per heavy atom. The molecule has 2 aromatic heterocycles. The molecule has 2 unspecified atom stereocenters. The van der Waals surface area contributed by atoms with Crippen molar-refractivity contribution in [3.05, 3.63) is 30.2 Å². The third-order valence-corrected chi connectivity index (χ3v) is 5.16. The molecule has 0 amide bonds. The van der Waals surface area contributed by atoms with Crippen LogP contribution in [0.3, 0.4) is 0 Å². The number of unbranched alkanes of at least 4 members (excludes halogenated alkanes) is 1. The van der Waals surface area contributed by atoms with E-state index in [1.54, 1.807) is 7.05 Å². The van der Waals surface area contributed by atoms with Gasteiger partial charge in [0, 0.05) is 32.9 Å². The lowest BCUT2D eigenvalue weighted by Crippen LogP contribution is -2.40. The Kier molecular flexibility index (Phi) is 7.04. The van der Waals surface area contributed by atoms with Crippen molar-refractivity contribution in [2.24, 2.45) is 16.8 Å². The van der Waals surface area contributed by atoms with Gasteiger partial charge < -0.3 is 15.5 Å². The van der Waals surface area contributed by atoms with Gasteiger partial charge in [-0.15, -0.1) is 10.2 Å². The van der Waals surface area contributed by atoms with E-state index in [4.69, 9.17) is 0 Å². The van der Waals surface area contributed by atoms with E-state index in [2.05, 4.69) is 44.6 Å². The van der Waals surface area contributed by atoms with Crippen LogP contribution in [-0.4, -0.2) is 58.7 Å². The molecule has 1 aliphatic heterocycles. The first-order chi connectivity index (χ1) is 13.2. The standard InChI is InChI=1S/C20H33N7/c1-16-12-17(2)15-26(14-16)10-7-5-9-22-20(21-3)23-13-19-25-24-18-8-4-6-11-27(18)19/h4,6,8,11,16-17H,5,7,9-10,12-15H2,1-3H3,(H2,21,22,23). The Morgan fingerprint density at radius 1 is 1.15 bits per heavy atom. The largest absolute Gasteiger partial charge is 0.356 e. The van der Waals surface area contributed by atoms with Gasteiger partial charge in [-0.2, -0.15) is 0 Å². The van der Waals surface area contributed by atoms with Crippen LogP contribution in [0.5, 0.6) is 0 Å². The average molecular weight is 372 g/mol. The summed E-state index contributed by atoms with van der Waals surface area (Å²) in [4.78, 5) is 6.93. The van der Waals surface area contributed by atoms with Gasteiger partial charge in [-0.05, 0) is 49.8 Å². The van der Waals surface area contributed by atoms with E-state index in [0.29, 0.717) is 6.54 Å². The number of nitrogens with zero attached hydrogens (tertiary/aromatic N) is 5. The van der Waals surface area contributed by atoms with Crippen LogP contribution in [0.1, 0.15) is 38.9 Å². The van der Waals surface area contributed by atoms with Crippen LogP contribution in [-0.2, 0) is 6.54 Å². The van der Waals surface area contributed by atoms with Gasteiger partial charge in [-0.25, -0.2) is 0 Å². The molecule has 1 aliphatic rings. The second-order valence-electron chi connectivity index (χ2n) is 7.81. The molecule has 2 N–H and O–H groups in total. The van der Waals surface area contributed by atoms with Crippen molar-refractivity contribution in [1.29, 1.82) is 0 Å². The van der Waals surface area contributed by atoms with Gasteiger partial charge in [0.2, 0.25) is 0 Å². The first-order valence-electron chi connectivity index (χ1n) is 10.1. The molecule has 2 atom stereocenters. The third-order valence-electron chi connectivity index (χ3n) is 5.16. The van der Waals surface area contributed by atoms with Gasteiger partial charge in [0.05, 0.1) is 6.54 Å². The molecule has 0 aliphatic carbocycles. The van der Waals surface area contributed by atoms with Crippen LogP contribution in [0, 0.1) is 11.8 Å². The summed E-state index contributed by atoms with van der Waals surface area (Å²) in [6, 6.07) is 5.90. The Labute approximate surface area is 162 Å². The van der Waals surface area contributed by atoms with Gasteiger partial charge in [0.1, 0.15) is 0 Å².